The van der Waals surface area contributed by atoms with Gasteiger partial charge in [-0.25, -0.2) is 4.79 Å². The molecule has 2 heterocycles. The Kier molecular flexibility index (Phi) is 6.60. The van der Waals surface area contributed by atoms with E-state index in [2.05, 4.69) is 10.6 Å². The lowest BCUT2D eigenvalue weighted by Crippen LogP contribution is -2.60. The SMILES string of the molecule is CC(C)[C@H](NC(=O)[C@@H](NC(=O)[C@@H]1N2C(=O)c3ccccc3[C@H]2SC1(C)C)C(C)C)C(=O)O. The number of nitrogens with zero attached hydrogens (tertiary/aromatic N) is 1. The minimum atomic E-state index is -1.13. The largest absolute Gasteiger partial charge is 0.480 e. The number of fused-ring (bicyclic) bond motifs is 3. The van der Waals surface area contributed by atoms with E-state index >= 15 is 0 Å². The number of aliphatic carboxylic acids is 1. The monoisotopic (exact) mass is 461 g/mol. The lowest BCUT2D eigenvalue weighted by Gasteiger charge is -2.32. The van der Waals surface area contributed by atoms with Gasteiger partial charge in [-0.1, -0.05) is 45.9 Å². The Balaban J connectivity index is 1.83. The van der Waals surface area contributed by atoms with Crippen LogP contribution in [-0.2, 0) is 14.4 Å². The van der Waals surface area contributed by atoms with Crippen LogP contribution in [0.2, 0.25) is 0 Å². The Morgan fingerprint density at radius 2 is 1.62 bits per heavy atom. The Hall–Kier alpha value is -2.55. The van der Waals surface area contributed by atoms with Gasteiger partial charge in [-0.3, -0.25) is 14.4 Å². The van der Waals surface area contributed by atoms with Gasteiger partial charge in [0.15, 0.2) is 0 Å². The number of hydrogen-bond donors (Lipinski definition) is 3. The predicted octanol–water partition coefficient (Wildman–Crippen LogP) is 2.40. The highest BCUT2D eigenvalue weighted by atomic mass is 32.2. The van der Waals surface area contributed by atoms with Crippen LogP contribution in [0.5, 0.6) is 0 Å². The highest BCUT2D eigenvalue weighted by molar-refractivity contribution is 8.01. The van der Waals surface area contributed by atoms with E-state index in [0.717, 1.165) is 5.56 Å². The van der Waals surface area contributed by atoms with E-state index in [-0.39, 0.29) is 23.1 Å². The predicted molar refractivity (Wildman–Crippen MR) is 122 cm³/mol. The van der Waals surface area contributed by atoms with E-state index in [9.17, 15) is 24.3 Å². The van der Waals surface area contributed by atoms with Gasteiger partial charge in [-0.15, -0.1) is 11.8 Å². The van der Waals surface area contributed by atoms with E-state index in [1.165, 1.54) is 0 Å². The Labute approximate surface area is 192 Å². The van der Waals surface area contributed by atoms with Crippen LogP contribution in [0.25, 0.3) is 0 Å². The number of carboxylic acids is 1. The molecule has 32 heavy (non-hydrogen) atoms. The van der Waals surface area contributed by atoms with Gasteiger partial charge in [-0.05, 0) is 37.3 Å². The van der Waals surface area contributed by atoms with Gasteiger partial charge in [0.1, 0.15) is 23.5 Å². The number of benzene rings is 1. The van der Waals surface area contributed by atoms with Gasteiger partial charge >= 0.3 is 5.97 Å². The zero-order valence-electron chi connectivity index (χ0n) is 19.2. The molecule has 0 saturated carbocycles. The van der Waals surface area contributed by atoms with Crippen molar-refractivity contribution in [2.24, 2.45) is 11.8 Å². The molecule has 0 aliphatic carbocycles. The lowest BCUT2D eigenvalue weighted by molar-refractivity contribution is -0.143. The van der Waals surface area contributed by atoms with Crippen molar-refractivity contribution in [3.63, 3.8) is 0 Å². The Bertz CT molecular complexity index is 945. The molecule has 8 nitrogen and oxygen atoms in total. The zero-order valence-corrected chi connectivity index (χ0v) is 20.0. The summed E-state index contributed by atoms with van der Waals surface area (Å²) in [5, 5.41) is 14.5. The lowest BCUT2D eigenvalue weighted by atomic mass is 9.97. The van der Waals surface area contributed by atoms with E-state index in [1.54, 1.807) is 56.5 Å². The second-order valence-electron chi connectivity index (χ2n) is 9.57. The van der Waals surface area contributed by atoms with Gasteiger partial charge < -0.3 is 20.6 Å². The highest BCUT2D eigenvalue weighted by Crippen LogP contribution is 2.56. The second-order valence-corrected chi connectivity index (χ2v) is 11.3. The molecule has 9 heteroatoms. The second kappa shape index (κ2) is 8.77. The summed E-state index contributed by atoms with van der Waals surface area (Å²) in [5.74, 6) is -2.88. The maximum atomic E-state index is 13.5. The normalized spacial score (nSPS) is 23.0. The third-order valence-electron chi connectivity index (χ3n) is 6.02. The van der Waals surface area contributed by atoms with Crippen LogP contribution >= 0.6 is 11.8 Å². The molecule has 0 spiro atoms. The van der Waals surface area contributed by atoms with E-state index in [0.29, 0.717) is 5.56 Å². The summed E-state index contributed by atoms with van der Waals surface area (Å²) >= 11 is 1.55. The Morgan fingerprint density at radius 1 is 1.03 bits per heavy atom. The summed E-state index contributed by atoms with van der Waals surface area (Å²) in [4.78, 5) is 52.6. The summed E-state index contributed by atoms with van der Waals surface area (Å²) in [6.07, 6.45) is 0. The van der Waals surface area contributed by atoms with Gasteiger partial charge in [0.2, 0.25) is 11.8 Å². The van der Waals surface area contributed by atoms with Gasteiger partial charge in [-0.2, -0.15) is 0 Å². The smallest absolute Gasteiger partial charge is 0.326 e. The average molecular weight is 462 g/mol. The van der Waals surface area contributed by atoms with E-state index in [1.807, 2.05) is 26.0 Å². The number of nitrogens with one attached hydrogen (secondary N) is 2. The standard InChI is InChI=1S/C23H31N3O5S/c1-11(2)15(18(27)25-16(12(3)4)22(30)31)24-19(28)17-23(5,6)32-21-14-10-8-7-9-13(14)20(29)26(17)21/h7-12,15-17,21H,1-6H3,(H,24,28)(H,25,27)(H,30,31)/t15-,16-,17-,21+/m0/s1. The molecule has 1 aromatic rings. The van der Waals surface area contributed by atoms with Crippen molar-refractivity contribution in [2.75, 3.05) is 0 Å². The van der Waals surface area contributed by atoms with Crippen LogP contribution in [-0.4, -0.2) is 56.6 Å². The molecule has 2 aliphatic heterocycles. The number of rotatable bonds is 7. The van der Waals surface area contributed by atoms with Crippen molar-refractivity contribution in [3.8, 4) is 0 Å². The number of carbonyl (C=O) groups is 4. The van der Waals surface area contributed by atoms with Crippen molar-refractivity contribution >= 4 is 35.5 Å². The van der Waals surface area contributed by atoms with Gasteiger partial charge in [0, 0.05) is 10.3 Å². The molecular formula is C23H31N3O5S. The van der Waals surface area contributed by atoms with Gasteiger partial charge in [0.05, 0.1) is 0 Å². The fourth-order valence-electron chi connectivity index (χ4n) is 4.33. The van der Waals surface area contributed by atoms with Crippen LogP contribution in [0.4, 0.5) is 0 Å². The maximum absolute atomic E-state index is 13.5. The fraction of sp³-hybridized carbons (Fsp3) is 0.565. The number of amides is 3. The van der Waals surface area contributed by atoms with Crippen molar-refractivity contribution in [2.45, 2.75) is 69.8 Å². The first kappa shape index (κ1) is 24.1. The van der Waals surface area contributed by atoms with Crippen LogP contribution in [0.1, 0.15) is 62.8 Å². The highest BCUT2D eigenvalue weighted by Gasteiger charge is 2.57. The summed E-state index contributed by atoms with van der Waals surface area (Å²) in [6, 6.07) is 4.59. The van der Waals surface area contributed by atoms with Crippen molar-refractivity contribution < 1.29 is 24.3 Å². The van der Waals surface area contributed by atoms with E-state index in [4.69, 9.17) is 0 Å². The molecule has 0 unspecified atom stereocenters. The summed E-state index contributed by atoms with van der Waals surface area (Å²) in [6.45, 7) is 10.8. The summed E-state index contributed by atoms with van der Waals surface area (Å²) in [7, 11) is 0. The number of carboxylic acid groups (broad SMARTS) is 1. The first-order valence-corrected chi connectivity index (χ1v) is 11.7. The average Bonchev–Trinajstić information content (AvgIpc) is 3.12. The molecule has 3 rings (SSSR count). The summed E-state index contributed by atoms with van der Waals surface area (Å²) < 4.78 is -0.572. The quantitative estimate of drug-likeness (QED) is 0.574. The third kappa shape index (κ3) is 4.22. The number of carbonyl (C=O) groups excluding carboxylic acids is 3. The topological polar surface area (TPSA) is 116 Å². The van der Waals surface area contributed by atoms with E-state index < -0.39 is 40.7 Å². The first-order valence-electron chi connectivity index (χ1n) is 10.8. The molecule has 0 aromatic heterocycles. The Morgan fingerprint density at radius 3 is 2.19 bits per heavy atom. The molecule has 2 aliphatic rings. The van der Waals surface area contributed by atoms with Crippen molar-refractivity contribution in [1.82, 2.24) is 15.5 Å². The molecule has 1 saturated heterocycles. The molecule has 0 bridgehead atoms. The number of thioether (sulfide) groups is 1. The molecule has 4 atom stereocenters. The summed E-state index contributed by atoms with van der Waals surface area (Å²) in [5.41, 5.74) is 1.49. The third-order valence-corrected chi connectivity index (χ3v) is 7.56. The zero-order chi connectivity index (χ0) is 24.0. The molecule has 174 valence electrons. The van der Waals surface area contributed by atoms with Crippen LogP contribution in [0, 0.1) is 11.8 Å². The molecule has 3 amide bonds. The number of hydrogen-bond acceptors (Lipinski definition) is 5. The molecule has 1 fully saturated rings. The molecule has 1 aromatic carbocycles. The maximum Gasteiger partial charge on any atom is 0.326 e. The van der Waals surface area contributed by atoms with Crippen LogP contribution in [0.15, 0.2) is 24.3 Å². The van der Waals surface area contributed by atoms with Gasteiger partial charge in [0.25, 0.3) is 5.91 Å². The fourth-order valence-corrected chi connectivity index (χ4v) is 5.92. The van der Waals surface area contributed by atoms with Crippen molar-refractivity contribution in [3.05, 3.63) is 35.4 Å². The first-order chi connectivity index (χ1) is 14.9. The van der Waals surface area contributed by atoms with Crippen LogP contribution < -0.4 is 10.6 Å². The van der Waals surface area contributed by atoms with Crippen molar-refractivity contribution in [1.29, 1.82) is 0 Å². The molecule has 3 N–H and O–H groups in total. The minimum Gasteiger partial charge on any atom is -0.480 e. The molecular weight excluding hydrogens is 430 g/mol. The minimum absolute atomic E-state index is 0.194. The van der Waals surface area contributed by atoms with Crippen LogP contribution in [0.3, 0.4) is 0 Å². The molecule has 0 radical (unpaired) electrons.